The van der Waals surface area contributed by atoms with Crippen LogP contribution in [-0.4, -0.2) is 50.1 Å². The summed E-state index contributed by atoms with van der Waals surface area (Å²) in [5, 5.41) is 2.89. The zero-order chi connectivity index (χ0) is 24.1. The van der Waals surface area contributed by atoms with Gasteiger partial charge in [0, 0.05) is 16.7 Å². The predicted octanol–water partition coefficient (Wildman–Crippen LogP) is 2.73. The molecular formula is C26H26N3O5+. The molecule has 1 fully saturated rings. The molecular weight excluding hydrogens is 434 g/mol. The number of hydrazone groups is 1. The molecule has 34 heavy (non-hydrogen) atoms. The van der Waals surface area contributed by atoms with E-state index in [1.807, 2.05) is 54.7 Å². The molecule has 0 aromatic heterocycles. The highest BCUT2D eigenvalue weighted by molar-refractivity contribution is 5.98. The van der Waals surface area contributed by atoms with Gasteiger partial charge in [0.15, 0.2) is 6.04 Å². The normalized spacial score (nSPS) is 18.3. The summed E-state index contributed by atoms with van der Waals surface area (Å²) >= 11 is 0. The van der Waals surface area contributed by atoms with Crippen molar-refractivity contribution < 1.29 is 28.5 Å². The van der Waals surface area contributed by atoms with Crippen LogP contribution in [-0.2, 0) is 4.79 Å². The highest BCUT2D eigenvalue weighted by Crippen LogP contribution is 2.27. The standard InChI is InChI=1S/C26H25N3O5/c1-32-20-10-4-17(5-11-20)16-29-24(18-6-12-21(33-2)13-7-18)23(26(31)28-29)27-25(30)19-8-14-22(34-3)15-9-19/h4-16,23-24H,1-3H3,(H-,27,28,30,31)/p+1/b29-16-/t23-,24+/m1/s1. The van der Waals surface area contributed by atoms with Crippen molar-refractivity contribution in [2.45, 2.75) is 12.1 Å². The highest BCUT2D eigenvalue weighted by atomic mass is 16.5. The van der Waals surface area contributed by atoms with E-state index in [4.69, 9.17) is 14.2 Å². The topological polar surface area (TPSA) is 88.9 Å². The van der Waals surface area contributed by atoms with Gasteiger partial charge in [0.2, 0.25) is 12.3 Å². The van der Waals surface area contributed by atoms with Gasteiger partial charge >= 0.3 is 5.91 Å². The van der Waals surface area contributed by atoms with Gasteiger partial charge in [-0.3, -0.25) is 9.59 Å². The highest BCUT2D eigenvalue weighted by Gasteiger charge is 2.47. The van der Waals surface area contributed by atoms with Gasteiger partial charge in [0.05, 0.1) is 21.3 Å². The number of hydrogen-bond acceptors (Lipinski definition) is 5. The van der Waals surface area contributed by atoms with Gasteiger partial charge in [-0.25, -0.2) is 0 Å². The summed E-state index contributed by atoms with van der Waals surface area (Å²) < 4.78 is 17.4. The largest absolute Gasteiger partial charge is 0.497 e. The van der Waals surface area contributed by atoms with Crippen molar-refractivity contribution in [2.75, 3.05) is 21.3 Å². The molecule has 0 bridgehead atoms. The molecule has 0 spiro atoms. The minimum atomic E-state index is -0.822. The average molecular weight is 461 g/mol. The Morgan fingerprint density at radius 3 is 1.85 bits per heavy atom. The van der Waals surface area contributed by atoms with Crippen molar-refractivity contribution in [3.05, 3.63) is 89.5 Å². The summed E-state index contributed by atoms with van der Waals surface area (Å²) in [6.45, 7) is 0. The number of nitrogens with one attached hydrogen (secondary N) is 2. The molecule has 1 aliphatic heterocycles. The van der Waals surface area contributed by atoms with Crippen molar-refractivity contribution in [1.29, 1.82) is 0 Å². The van der Waals surface area contributed by atoms with Gasteiger partial charge in [-0.15, -0.1) is 10.1 Å². The molecule has 8 heteroatoms. The van der Waals surface area contributed by atoms with Crippen molar-refractivity contribution in [1.82, 2.24) is 10.7 Å². The van der Waals surface area contributed by atoms with Crippen LogP contribution in [0.3, 0.4) is 0 Å². The second-order valence-corrected chi connectivity index (χ2v) is 7.68. The first-order valence-corrected chi connectivity index (χ1v) is 10.7. The first-order chi connectivity index (χ1) is 16.5. The van der Waals surface area contributed by atoms with E-state index >= 15 is 0 Å². The van der Waals surface area contributed by atoms with Crippen LogP contribution in [0.5, 0.6) is 17.2 Å². The number of amides is 2. The monoisotopic (exact) mass is 460 g/mol. The van der Waals surface area contributed by atoms with Gasteiger partial charge < -0.3 is 19.5 Å². The van der Waals surface area contributed by atoms with E-state index in [0.29, 0.717) is 17.1 Å². The van der Waals surface area contributed by atoms with E-state index in [0.717, 1.165) is 16.9 Å². The SMILES string of the molecule is COc1ccc(/C=[N+]2\NC(=O)[C@H](NC(=O)c3ccc(OC)cc3)[C@@H]2c2ccc(OC)cc2)cc1. The number of hydrogen-bond donors (Lipinski definition) is 2. The maximum absolute atomic E-state index is 13.0. The zero-order valence-electron chi connectivity index (χ0n) is 19.1. The second-order valence-electron chi connectivity index (χ2n) is 7.68. The molecule has 0 saturated carbocycles. The fourth-order valence-corrected chi connectivity index (χ4v) is 3.80. The molecule has 3 aromatic rings. The van der Waals surface area contributed by atoms with Crippen molar-refractivity contribution in [2.24, 2.45) is 0 Å². The average Bonchev–Trinajstić information content (AvgIpc) is 3.18. The molecule has 2 atom stereocenters. The molecule has 0 radical (unpaired) electrons. The van der Waals surface area contributed by atoms with Crippen LogP contribution < -0.4 is 25.0 Å². The van der Waals surface area contributed by atoms with Crippen LogP contribution >= 0.6 is 0 Å². The zero-order valence-corrected chi connectivity index (χ0v) is 19.1. The van der Waals surface area contributed by atoms with E-state index < -0.39 is 12.1 Å². The summed E-state index contributed by atoms with van der Waals surface area (Å²) in [7, 11) is 4.76. The number of rotatable bonds is 7. The second kappa shape index (κ2) is 10.1. The van der Waals surface area contributed by atoms with Crippen LogP contribution in [0.1, 0.15) is 27.5 Å². The van der Waals surface area contributed by atoms with Crippen LogP contribution in [0.15, 0.2) is 72.8 Å². The Kier molecular flexibility index (Phi) is 6.77. The number of carbonyl (C=O) groups is 2. The molecule has 2 N–H and O–H groups in total. The summed E-state index contributed by atoms with van der Waals surface area (Å²) in [5.74, 6) is 1.41. The summed E-state index contributed by atoms with van der Waals surface area (Å²) in [4.78, 5) is 26.0. The molecule has 2 amide bonds. The molecule has 0 unspecified atom stereocenters. The maximum atomic E-state index is 13.0. The predicted molar refractivity (Wildman–Crippen MR) is 127 cm³/mol. The Morgan fingerprint density at radius 1 is 0.824 bits per heavy atom. The van der Waals surface area contributed by atoms with Gasteiger partial charge in [-0.2, -0.15) is 0 Å². The number of nitrogens with zero attached hydrogens (tertiary/aromatic N) is 1. The lowest BCUT2D eigenvalue weighted by Crippen LogP contribution is -2.42. The van der Waals surface area contributed by atoms with Gasteiger partial charge in [0.25, 0.3) is 5.91 Å². The smallest absolute Gasteiger partial charge is 0.304 e. The number of hydrazine groups is 1. The van der Waals surface area contributed by atoms with E-state index in [2.05, 4.69) is 10.7 Å². The maximum Gasteiger partial charge on any atom is 0.304 e. The Labute approximate surface area is 197 Å². The molecule has 8 nitrogen and oxygen atoms in total. The lowest BCUT2D eigenvalue weighted by molar-refractivity contribution is -0.596. The third-order valence-corrected chi connectivity index (χ3v) is 5.64. The number of benzene rings is 3. The van der Waals surface area contributed by atoms with E-state index in [-0.39, 0.29) is 11.8 Å². The molecule has 1 heterocycles. The number of carbonyl (C=O) groups excluding carboxylic acids is 2. The van der Waals surface area contributed by atoms with Crippen LogP contribution in [0.2, 0.25) is 0 Å². The Hall–Kier alpha value is -4.33. The molecule has 174 valence electrons. The summed E-state index contributed by atoms with van der Waals surface area (Å²) in [5.41, 5.74) is 5.00. The van der Waals surface area contributed by atoms with Gasteiger partial charge in [0.1, 0.15) is 17.2 Å². The quantitative estimate of drug-likeness (QED) is 0.530. The Morgan fingerprint density at radius 2 is 1.32 bits per heavy atom. The van der Waals surface area contributed by atoms with Crippen LogP contribution in [0, 0.1) is 0 Å². The molecule has 1 saturated heterocycles. The third kappa shape index (κ3) is 4.85. The van der Waals surface area contributed by atoms with Gasteiger partial charge in [-0.1, -0.05) is 0 Å². The molecule has 1 aliphatic rings. The summed E-state index contributed by atoms with van der Waals surface area (Å²) in [6.07, 6.45) is 1.83. The van der Waals surface area contributed by atoms with Crippen LogP contribution in [0.4, 0.5) is 0 Å². The van der Waals surface area contributed by atoms with E-state index in [1.165, 1.54) is 0 Å². The molecule has 3 aromatic carbocycles. The molecule has 4 rings (SSSR count). The lowest BCUT2D eigenvalue weighted by atomic mass is 9.99. The fraction of sp³-hybridized carbons (Fsp3) is 0.192. The number of ether oxygens (including phenoxy) is 3. The minimum Gasteiger partial charge on any atom is -0.497 e. The minimum absolute atomic E-state index is 0.313. The van der Waals surface area contributed by atoms with Crippen molar-refractivity contribution >= 4 is 18.0 Å². The Bertz CT molecular complexity index is 1190. The lowest BCUT2D eigenvalue weighted by Gasteiger charge is -2.15. The van der Waals surface area contributed by atoms with E-state index in [9.17, 15) is 9.59 Å². The first-order valence-electron chi connectivity index (χ1n) is 10.7. The van der Waals surface area contributed by atoms with Gasteiger partial charge in [-0.05, 0) is 72.8 Å². The van der Waals surface area contributed by atoms with Crippen molar-refractivity contribution in [3.8, 4) is 17.2 Å². The summed E-state index contributed by atoms with van der Waals surface area (Å²) in [6, 6.07) is 20.3. The fourth-order valence-electron chi connectivity index (χ4n) is 3.80. The van der Waals surface area contributed by atoms with Crippen LogP contribution in [0.25, 0.3) is 0 Å². The molecule has 0 aliphatic carbocycles. The number of methoxy groups -OCH3 is 3. The third-order valence-electron chi connectivity index (χ3n) is 5.64. The Balaban J connectivity index is 1.67. The first kappa shape index (κ1) is 22.8. The van der Waals surface area contributed by atoms with E-state index in [1.54, 1.807) is 50.3 Å². The van der Waals surface area contributed by atoms with Crippen molar-refractivity contribution in [3.63, 3.8) is 0 Å².